The summed E-state index contributed by atoms with van der Waals surface area (Å²) in [5.41, 5.74) is 6.39. The molecule has 2 N–H and O–H groups in total. The van der Waals surface area contributed by atoms with Crippen LogP contribution in [0.15, 0.2) is 23.6 Å². The molecule has 0 aliphatic heterocycles. The van der Waals surface area contributed by atoms with Crippen molar-refractivity contribution in [3.05, 3.63) is 39.8 Å². The average molecular weight is 278 g/mol. The van der Waals surface area contributed by atoms with E-state index < -0.39 is 0 Å². The lowest BCUT2D eigenvalue weighted by molar-refractivity contribution is 0.103. The van der Waals surface area contributed by atoms with E-state index in [1.54, 1.807) is 30.7 Å². The third kappa shape index (κ3) is 2.74. The van der Waals surface area contributed by atoms with Gasteiger partial charge in [-0.15, -0.1) is 11.3 Å². The predicted octanol–water partition coefficient (Wildman–Crippen LogP) is 1.85. The molecule has 1 heterocycles. The van der Waals surface area contributed by atoms with Crippen LogP contribution in [0.5, 0.6) is 11.5 Å². The van der Waals surface area contributed by atoms with Crippen LogP contribution in [0.4, 0.5) is 0 Å². The van der Waals surface area contributed by atoms with Gasteiger partial charge in [0.15, 0.2) is 11.5 Å². The van der Waals surface area contributed by atoms with Crippen molar-refractivity contribution >= 4 is 17.1 Å². The summed E-state index contributed by atoms with van der Waals surface area (Å²) in [4.78, 5) is 16.4. The van der Waals surface area contributed by atoms with E-state index in [4.69, 9.17) is 15.2 Å². The van der Waals surface area contributed by atoms with E-state index in [9.17, 15) is 4.79 Å². The van der Waals surface area contributed by atoms with Gasteiger partial charge >= 0.3 is 0 Å². The van der Waals surface area contributed by atoms with Crippen molar-refractivity contribution in [3.63, 3.8) is 0 Å². The number of ether oxygens (including phenoxy) is 2. The average Bonchev–Trinajstić information content (AvgIpc) is 2.94. The lowest BCUT2D eigenvalue weighted by atomic mass is 10.1. The fourth-order valence-corrected chi connectivity index (χ4v) is 2.29. The van der Waals surface area contributed by atoms with Crippen molar-refractivity contribution in [2.75, 3.05) is 14.2 Å². The maximum absolute atomic E-state index is 12.3. The minimum absolute atomic E-state index is 0.156. The largest absolute Gasteiger partial charge is 0.493 e. The topological polar surface area (TPSA) is 74.4 Å². The second-order valence-corrected chi connectivity index (χ2v) is 4.67. The van der Waals surface area contributed by atoms with E-state index in [-0.39, 0.29) is 5.78 Å². The highest BCUT2D eigenvalue weighted by molar-refractivity contribution is 7.09. The Morgan fingerprint density at radius 3 is 2.63 bits per heavy atom. The smallest absolute Gasteiger partial charge is 0.212 e. The Balaban J connectivity index is 2.33. The molecule has 0 radical (unpaired) electrons. The predicted molar refractivity (Wildman–Crippen MR) is 73.0 cm³/mol. The van der Waals surface area contributed by atoms with Crippen molar-refractivity contribution in [2.24, 2.45) is 5.73 Å². The van der Waals surface area contributed by atoms with E-state index in [0.29, 0.717) is 29.3 Å². The first-order valence-electron chi connectivity index (χ1n) is 5.60. The van der Waals surface area contributed by atoms with Crippen LogP contribution in [0, 0.1) is 0 Å². The molecule has 19 heavy (non-hydrogen) atoms. The van der Waals surface area contributed by atoms with E-state index in [1.807, 2.05) is 0 Å². The summed E-state index contributed by atoms with van der Waals surface area (Å²) >= 11 is 1.38. The van der Waals surface area contributed by atoms with Crippen molar-refractivity contribution < 1.29 is 14.3 Å². The SMILES string of the molecule is COc1ccc(C(=O)c2csc(CN)n2)cc1OC. The van der Waals surface area contributed by atoms with Crippen molar-refractivity contribution in [2.45, 2.75) is 6.54 Å². The van der Waals surface area contributed by atoms with E-state index in [2.05, 4.69) is 4.98 Å². The Kier molecular flexibility index (Phi) is 4.13. The number of carbonyl (C=O) groups excluding carboxylic acids is 1. The number of nitrogens with two attached hydrogens (primary N) is 1. The summed E-state index contributed by atoms with van der Waals surface area (Å²) in [6.07, 6.45) is 0. The van der Waals surface area contributed by atoms with Gasteiger partial charge in [-0.2, -0.15) is 0 Å². The van der Waals surface area contributed by atoms with Gasteiger partial charge in [0, 0.05) is 17.5 Å². The number of aromatic nitrogens is 1. The monoisotopic (exact) mass is 278 g/mol. The molecule has 2 rings (SSSR count). The molecule has 0 saturated carbocycles. The Labute approximate surface area is 115 Å². The van der Waals surface area contributed by atoms with Crippen LogP contribution in [0.1, 0.15) is 21.1 Å². The molecule has 100 valence electrons. The highest BCUT2D eigenvalue weighted by Crippen LogP contribution is 2.28. The zero-order valence-corrected chi connectivity index (χ0v) is 11.5. The molecule has 0 unspecified atom stereocenters. The molecule has 0 aliphatic rings. The van der Waals surface area contributed by atoms with Gasteiger partial charge in [0.2, 0.25) is 5.78 Å². The number of carbonyl (C=O) groups is 1. The number of rotatable bonds is 5. The Morgan fingerprint density at radius 1 is 1.32 bits per heavy atom. The maximum atomic E-state index is 12.3. The molecule has 6 heteroatoms. The van der Waals surface area contributed by atoms with E-state index in [1.165, 1.54) is 18.4 Å². The minimum atomic E-state index is -0.156. The number of ketones is 1. The fourth-order valence-electron chi connectivity index (χ4n) is 1.63. The number of hydrogen-bond donors (Lipinski definition) is 1. The van der Waals surface area contributed by atoms with Crippen LogP contribution in [0.3, 0.4) is 0 Å². The summed E-state index contributed by atoms with van der Waals surface area (Å²) in [7, 11) is 3.08. The molecule has 1 aromatic carbocycles. The van der Waals surface area contributed by atoms with Crippen LogP contribution in [-0.2, 0) is 6.54 Å². The van der Waals surface area contributed by atoms with Gasteiger partial charge in [0.1, 0.15) is 10.7 Å². The number of hydrogen-bond acceptors (Lipinski definition) is 6. The first-order valence-corrected chi connectivity index (χ1v) is 6.48. The Hall–Kier alpha value is -1.92. The van der Waals surface area contributed by atoms with Gasteiger partial charge in [-0.25, -0.2) is 4.98 Å². The molecule has 5 nitrogen and oxygen atoms in total. The first-order chi connectivity index (χ1) is 9.19. The lowest BCUT2D eigenvalue weighted by Gasteiger charge is -2.08. The second-order valence-electron chi connectivity index (χ2n) is 3.73. The zero-order valence-electron chi connectivity index (χ0n) is 10.7. The summed E-state index contributed by atoms with van der Waals surface area (Å²) in [6.45, 7) is 0.337. The molecule has 0 bridgehead atoms. The van der Waals surface area contributed by atoms with Crippen LogP contribution in [0.2, 0.25) is 0 Å². The van der Waals surface area contributed by atoms with Gasteiger partial charge in [-0.3, -0.25) is 4.79 Å². The third-order valence-electron chi connectivity index (χ3n) is 2.60. The Morgan fingerprint density at radius 2 is 2.05 bits per heavy atom. The number of nitrogens with zero attached hydrogens (tertiary/aromatic N) is 1. The first kappa shape index (κ1) is 13.5. The molecule has 0 fully saturated rings. The molecule has 0 saturated heterocycles. The van der Waals surface area contributed by atoms with Crippen molar-refractivity contribution in [3.8, 4) is 11.5 Å². The molecule has 0 amide bonds. The number of methoxy groups -OCH3 is 2. The molecule has 1 aromatic heterocycles. The van der Waals surface area contributed by atoms with Gasteiger partial charge in [0.25, 0.3) is 0 Å². The van der Waals surface area contributed by atoms with Crippen LogP contribution < -0.4 is 15.2 Å². The Bertz CT molecular complexity index is 595. The van der Waals surface area contributed by atoms with Crippen molar-refractivity contribution in [1.29, 1.82) is 0 Å². The summed E-state index contributed by atoms with van der Waals surface area (Å²) in [6, 6.07) is 5.02. The number of benzene rings is 1. The van der Waals surface area contributed by atoms with Gasteiger partial charge in [-0.05, 0) is 18.2 Å². The number of thiazole rings is 1. The highest BCUT2D eigenvalue weighted by atomic mass is 32.1. The van der Waals surface area contributed by atoms with Gasteiger partial charge < -0.3 is 15.2 Å². The highest BCUT2D eigenvalue weighted by Gasteiger charge is 2.15. The maximum Gasteiger partial charge on any atom is 0.212 e. The molecule has 0 spiro atoms. The minimum Gasteiger partial charge on any atom is -0.493 e. The van der Waals surface area contributed by atoms with E-state index >= 15 is 0 Å². The fraction of sp³-hybridized carbons (Fsp3) is 0.231. The van der Waals surface area contributed by atoms with Crippen molar-refractivity contribution in [1.82, 2.24) is 4.98 Å². The third-order valence-corrected chi connectivity index (χ3v) is 3.48. The molecule has 0 atom stereocenters. The molecular formula is C13H14N2O3S. The van der Waals surface area contributed by atoms with Crippen LogP contribution >= 0.6 is 11.3 Å². The summed E-state index contributed by atoms with van der Waals surface area (Å²) < 4.78 is 10.3. The van der Waals surface area contributed by atoms with Gasteiger partial charge in [0.05, 0.1) is 14.2 Å². The van der Waals surface area contributed by atoms with Crippen LogP contribution in [-0.4, -0.2) is 25.0 Å². The molecule has 2 aromatic rings. The lowest BCUT2D eigenvalue weighted by Crippen LogP contribution is -2.04. The summed E-state index contributed by atoms with van der Waals surface area (Å²) in [5.74, 6) is 0.944. The molecule has 0 aliphatic carbocycles. The normalized spacial score (nSPS) is 10.3. The second kappa shape index (κ2) is 5.81. The van der Waals surface area contributed by atoms with Crippen LogP contribution in [0.25, 0.3) is 0 Å². The van der Waals surface area contributed by atoms with Gasteiger partial charge in [-0.1, -0.05) is 0 Å². The quantitative estimate of drug-likeness (QED) is 0.845. The standard InChI is InChI=1S/C13H14N2O3S/c1-17-10-4-3-8(5-11(10)18-2)13(16)9-7-19-12(6-14)15-9/h3-5,7H,6,14H2,1-2H3. The summed E-state index contributed by atoms with van der Waals surface area (Å²) in [5, 5.41) is 2.45. The molecular weight excluding hydrogens is 264 g/mol. The zero-order chi connectivity index (χ0) is 13.8. The van der Waals surface area contributed by atoms with E-state index in [0.717, 1.165) is 5.01 Å².